The van der Waals surface area contributed by atoms with Gasteiger partial charge in [0, 0.05) is 21.7 Å². The fourth-order valence-corrected chi connectivity index (χ4v) is 3.29. The van der Waals surface area contributed by atoms with Crippen molar-refractivity contribution in [1.29, 1.82) is 0 Å². The molecular formula is C15H17ClN4S. The highest BCUT2D eigenvalue weighted by Gasteiger charge is 2.07. The van der Waals surface area contributed by atoms with Crippen molar-refractivity contribution in [2.24, 2.45) is 10.2 Å². The summed E-state index contributed by atoms with van der Waals surface area (Å²) in [5, 5.41) is 11.4. The van der Waals surface area contributed by atoms with Crippen LogP contribution in [-0.4, -0.2) is 10.4 Å². The van der Waals surface area contributed by atoms with Gasteiger partial charge in [0.05, 0.1) is 5.69 Å². The van der Waals surface area contributed by atoms with Gasteiger partial charge in [-0.05, 0) is 37.8 Å². The average molecular weight is 321 g/mol. The third-order valence-corrected chi connectivity index (χ3v) is 4.67. The van der Waals surface area contributed by atoms with Gasteiger partial charge in [0.2, 0.25) is 4.80 Å². The van der Waals surface area contributed by atoms with Crippen molar-refractivity contribution >= 4 is 28.6 Å². The molecule has 1 heterocycles. The van der Waals surface area contributed by atoms with Crippen molar-refractivity contribution in [1.82, 2.24) is 4.68 Å². The summed E-state index contributed by atoms with van der Waals surface area (Å²) in [5.74, 6) is 6.12. The molecule has 0 aliphatic heterocycles. The van der Waals surface area contributed by atoms with Gasteiger partial charge in [0.15, 0.2) is 0 Å². The summed E-state index contributed by atoms with van der Waals surface area (Å²) >= 11 is 7.40. The summed E-state index contributed by atoms with van der Waals surface area (Å²) in [7, 11) is 0. The van der Waals surface area contributed by atoms with Gasteiger partial charge in [-0.1, -0.05) is 30.2 Å². The van der Waals surface area contributed by atoms with Crippen LogP contribution in [0.4, 0.5) is 0 Å². The van der Waals surface area contributed by atoms with Crippen molar-refractivity contribution in [3.05, 3.63) is 39.5 Å². The number of benzene rings is 1. The second-order valence-electron chi connectivity index (χ2n) is 5.11. The summed E-state index contributed by atoms with van der Waals surface area (Å²) in [6.45, 7) is 0. The van der Waals surface area contributed by atoms with E-state index in [0.717, 1.165) is 24.1 Å². The van der Waals surface area contributed by atoms with Crippen molar-refractivity contribution in [3.8, 4) is 11.3 Å². The predicted octanol–water partition coefficient (Wildman–Crippen LogP) is 3.80. The van der Waals surface area contributed by atoms with Crippen LogP contribution in [0.2, 0.25) is 5.02 Å². The maximum Gasteiger partial charge on any atom is 0.229 e. The Morgan fingerprint density at radius 2 is 1.76 bits per heavy atom. The summed E-state index contributed by atoms with van der Waals surface area (Å²) in [6.07, 6.45) is 5.86. The number of halogens is 1. The lowest BCUT2D eigenvalue weighted by Gasteiger charge is -2.09. The lowest BCUT2D eigenvalue weighted by molar-refractivity contribution is 0.663. The zero-order valence-corrected chi connectivity index (χ0v) is 13.2. The third-order valence-electron chi connectivity index (χ3n) is 3.59. The fraction of sp³-hybridized carbons (Fsp3) is 0.333. The quantitative estimate of drug-likeness (QED) is 0.664. The maximum atomic E-state index is 6.12. The van der Waals surface area contributed by atoms with Gasteiger partial charge in [-0.15, -0.1) is 16.4 Å². The standard InChI is InChI=1S/C15H17ClN4S/c16-12-8-6-11(7-9-12)14-10-21-15(20(14)17)19-18-13-4-2-1-3-5-13/h6-10H,1-5,17H2/b19-15-. The summed E-state index contributed by atoms with van der Waals surface area (Å²) < 4.78 is 1.58. The average Bonchev–Trinajstić information content (AvgIpc) is 2.88. The lowest BCUT2D eigenvalue weighted by atomic mass is 9.99. The highest BCUT2D eigenvalue weighted by atomic mass is 35.5. The minimum Gasteiger partial charge on any atom is -0.336 e. The number of nitrogen functional groups attached to an aromatic ring is 1. The predicted molar refractivity (Wildman–Crippen MR) is 89.0 cm³/mol. The van der Waals surface area contributed by atoms with Crippen LogP contribution in [0.25, 0.3) is 11.3 Å². The summed E-state index contributed by atoms with van der Waals surface area (Å²) in [4.78, 5) is 0.707. The first-order valence-corrected chi connectivity index (χ1v) is 8.31. The topological polar surface area (TPSA) is 55.7 Å². The molecule has 4 nitrogen and oxygen atoms in total. The molecule has 1 aliphatic rings. The summed E-state index contributed by atoms with van der Waals surface area (Å²) in [5.41, 5.74) is 3.12. The van der Waals surface area contributed by atoms with E-state index in [4.69, 9.17) is 17.4 Å². The van der Waals surface area contributed by atoms with Gasteiger partial charge in [0.25, 0.3) is 0 Å². The van der Waals surface area contributed by atoms with E-state index in [1.165, 1.54) is 36.3 Å². The van der Waals surface area contributed by atoms with E-state index in [-0.39, 0.29) is 0 Å². The van der Waals surface area contributed by atoms with Crippen LogP contribution in [0.15, 0.2) is 39.8 Å². The Balaban J connectivity index is 1.90. The van der Waals surface area contributed by atoms with Crippen LogP contribution >= 0.6 is 22.9 Å². The van der Waals surface area contributed by atoms with E-state index in [1.54, 1.807) is 4.68 Å². The number of nitrogens with two attached hydrogens (primary N) is 1. The van der Waals surface area contributed by atoms with E-state index < -0.39 is 0 Å². The molecule has 1 fully saturated rings. The number of thiazole rings is 1. The molecule has 3 rings (SSSR count). The molecule has 6 heteroatoms. The number of rotatable bonds is 2. The molecule has 0 bridgehead atoms. The highest BCUT2D eigenvalue weighted by Crippen LogP contribution is 2.21. The molecule has 0 atom stereocenters. The van der Waals surface area contributed by atoms with Crippen molar-refractivity contribution in [2.45, 2.75) is 32.1 Å². The highest BCUT2D eigenvalue weighted by molar-refractivity contribution is 7.07. The largest absolute Gasteiger partial charge is 0.336 e. The fourth-order valence-electron chi connectivity index (χ4n) is 2.40. The smallest absolute Gasteiger partial charge is 0.229 e. The number of nitrogens with zero attached hydrogens (tertiary/aromatic N) is 3. The molecule has 0 spiro atoms. The Labute approximate surface area is 132 Å². The Kier molecular flexibility index (Phi) is 4.41. The number of hydrogen-bond donors (Lipinski definition) is 1. The first-order valence-electron chi connectivity index (χ1n) is 7.05. The van der Waals surface area contributed by atoms with Crippen molar-refractivity contribution in [3.63, 3.8) is 0 Å². The molecule has 1 saturated carbocycles. The molecule has 1 aromatic carbocycles. The zero-order valence-electron chi connectivity index (χ0n) is 11.6. The second-order valence-corrected chi connectivity index (χ2v) is 6.38. The number of aromatic nitrogens is 1. The monoisotopic (exact) mass is 320 g/mol. The van der Waals surface area contributed by atoms with Crippen LogP contribution in [0.5, 0.6) is 0 Å². The Morgan fingerprint density at radius 3 is 2.48 bits per heavy atom. The van der Waals surface area contributed by atoms with Crippen LogP contribution < -0.4 is 10.6 Å². The van der Waals surface area contributed by atoms with Crippen LogP contribution in [-0.2, 0) is 0 Å². The van der Waals surface area contributed by atoms with E-state index >= 15 is 0 Å². The van der Waals surface area contributed by atoms with Gasteiger partial charge in [-0.3, -0.25) is 0 Å². The van der Waals surface area contributed by atoms with Crippen molar-refractivity contribution < 1.29 is 0 Å². The molecule has 2 N–H and O–H groups in total. The molecule has 1 aliphatic carbocycles. The minimum absolute atomic E-state index is 0.707. The SMILES string of the molecule is Nn1c(-c2ccc(Cl)cc2)cs/c1=N\N=C1CCCCC1. The molecule has 110 valence electrons. The second kappa shape index (κ2) is 6.45. The lowest BCUT2D eigenvalue weighted by Crippen LogP contribution is -2.23. The molecule has 0 amide bonds. The van der Waals surface area contributed by atoms with E-state index in [0.29, 0.717) is 9.82 Å². The molecular weight excluding hydrogens is 304 g/mol. The minimum atomic E-state index is 0.707. The van der Waals surface area contributed by atoms with Crippen LogP contribution in [0, 0.1) is 0 Å². The Bertz CT molecular complexity index is 704. The van der Waals surface area contributed by atoms with Gasteiger partial charge >= 0.3 is 0 Å². The van der Waals surface area contributed by atoms with Crippen LogP contribution in [0.3, 0.4) is 0 Å². The first-order chi connectivity index (χ1) is 10.2. The molecule has 0 radical (unpaired) electrons. The van der Waals surface area contributed by atoms with Gasteiger partial charge < -0.3 is 5.84 Å². The summed E-state index contributed by atoms with van der Waals surface area (Å²) in [6, 6.07) is 7.61. The zero-order chi connectivity index (χ0) is 14.7. The van der Waals surface area contributed by atoms with E-state index in [9.17, 15) is 0 Å². The van der Waals surface area contributed by atoms with Gasteiger partial charge in [-0.25, -0.2) is 4.68 Å². The van der Waals surface area contributed by atoms with E-state index in [2.05, 4.69) is 10.2 Å². The molecule has 2 aromatic rings. The Morgan fingerprint density at radius 1 is 1.05 bits per heavy atom. The first kappa shape index (κ1) is 14.4. The third kappa shape index (κ3) is 3.36. The van der Waals surface area contributed by atoms with Crippen molar-refractivity contribution in [2.75, 3.05) is 5.84 Å². The normalized spacial score (nSPS) is 16.2. The molecule has 21 heavy (non-hydrogen) atoms. The van der Waals surface area contributed by atoms with Crippen LogP contribution in [0.1, 0.15) is 32.1 Å². The maximum absolute atomic E-state index is 6.12. The Hall–Kier alpha value is -1.59. The van der Waals surface area contributed by atoms with Gasteiger partial charge in [-0.2, -0.15) is 5.10 Å². The number of hydrogen-bond acceptors (Lipinski definition) is 4. The van der Waals surface area contributed by atoms with Gasteiger partial charge in [0.1, 0.15) is 0 Å². The van der Waals surface area contributed by atoms with E-state index in [1.807, 2.05) is 29.6 Å². The molecule has 0 saturated heterocycles. The molecule has 0 unspecified atom stereocenters. The molecule has 1 aromatic heterocycles.